The van der Waals surface area contributed by atoms with E-state index in [1.165, 1.54) is 0 Å². The molecule has 3 nitrogen and oxygen atoms in total. The van der Waals surface area contributed by atoms with Crippen LogP contribution in [-0.2, 0) is 11.3 Å². The molecule has 18 heavy (non-hydrogen) atoms. The topological polar surface area (TPSA) is 21.7 Å². The SMILES string of the molecule is CC#CN1CCC(OCc2cccc(OC)c2)C1. The first-order chi connectivity index (χ1) is 8.81. The monoisotopic (exact) mass is 245 g/mol. The molecule has 0 radical (unpaired) electrons. The van der Waals surface area contributed by atoms with Crippen molar-refractivity contribution in [1.29, 1.82) is 0 Å². The normalized spacial score (nSPS) is 18.3. The van der Waals surface area contributed by atoms with Crippen LogP contribution >= 0.6 is 0 Å². The van der Waals surface area contributed by atoms with Crippen LogP contribution in [0.25, 0.3) is 0 Å². The Morgan fingerprint density at radius 2 is 2.33 bits per heavy atom. The van der Waals surface area contributed by atoms with E-state index >= 15 is 0 Å². The van der Waals surface area contributed by atoms with Gasteiger partial charge in [-0.3, -0.25) is 0 Å². The second-order valence-corrected chi connectivity index (χ2v) is 4.38. The summed E-state index contributed by atoms with van der Waals surface area (Å²) >= 11 is 0. The summed E-state index contributed by atoms with van der Waals surface area (Å²) in [6.45, 7) is 4.41. The van der Waals surface area contributed by atoms with Crippen molar-refractivity contribution in [3.63, 3.8) is 0 Å². The molecule has 96 valence electrons. The smallest absolute Gasteiger partial charge is 0.119 e. The average molecular weight is 245 g/mol. The molecule has 1 unspecified atom stereocenters. The Bertz CT molecular complexity index is 447. The molecule has 1 aromatic rings. The van der Waals surface area contributed by atoms with E-state index < -0.39 is 0 Å². The molecule has 0 aliphatic carbocycles. The van der Waals surface area contributed by atoms with Gasteiger partial charge in [0.25, 0.3) is 0 Å². The highest BCUT2D eigenvalue weighted by atomic mass is 16.5. The van der Waals surface area contributed by atoms with Gasteiger partial charge >= 0.3 is 0 Å². The van der Waals surface area contributed by atoms with E-state index in [0.29, 0.717) is 6.61 Å². The Hall–Kier alpha value is -1.66. The molecule has 0 aromatic heterocycles. The predicted octanol–water partition coefficient (Wildman–Crippen LogP) is 2.27. The summed E-state index contributed by atoms with van der Waals surface area (Å²) in [5.74, 6) is 3.80. The second-order valence-electron chi connectivity index (χ2n) is 4.38. The summed E-state index contributed by atoms with van der Waals surface area (Å²) in [4.78, 5) is 2.12. The van der Waals surface area contributed by atoms with E-state index in [1.807, 2.05) is 25.1 Å². The molecule has 0 spiro atoms. The molecule has 1 aliphatic rings. The lowest BCUT2D eigenvalue weighted by Crippen LogP contribution is -2.18. The van der Waals surface area contributed by atoms with Crippen molar-refractivity contribution in [2.24, 2.45) is 0 Å². The third kappa shape index (κ3) is 3.41. The third-order valence-electron chi connectivity index (χ3n) is 3.03. The average Bonchev–Trinajstić information content (AvgIpc) is 2.85. The van der Waals surface area contributed by atoms with Crippen molar-refractivity contribution in [2.75, 3.05) is 20.2 Å². The Morgan fingerprint density at radius 1 is 1.44 bits per heavy atom. The first-order valence-corrected chi connectivity index (χ1v) is 6.23. The van der Waals surface area contributed by atoms with E-state index in [2.05, 4.69) is 22.9 Å². The lowest BCUT2D eigenvalue weighted by Gasteiger charge is -2.12. The molecule has 1 heterocycles. The van der Waals surface area contributed by atoms with Gasteiger partial charge in [0.15, 0.2) is 0 Å². The molecule has 1 saturated heterocycles. The van der Waals surface area contributed by atoms with E-state index in [9.17, 15) is 0 Å². The first kappa shape index (κ1) is 12.8. The molecule has 0 N–H and O–H groups in total. The molecule has 3 heteroatoms. The number of likely N-dealkylation sites (tertiary alicyclic amines) is 1. The van der Waals surface area contributed by atoms with Crippen molar-refractivity contribution < 1.29 is 9.47 Å². The highest BCUT2D eigenvalue weighted by Gasteiger charge is 2.20. The van der Waals surface area contributed by atoms with Crippen LogP contribution in [0.4, 0.5) is 0 Å². The van der Waals surface area contributed by atoms with Crippen LogP contribution < -0.4 is 4.74 Å². The number of ether oxygens (including phenoxy) is 2. The summed E-state index contributed by atoms with van der Waals surface area (Å²) in [6, 6.07) is 11.1. The Balaban J connectivity index is 1.82. The Kier molecular flexibility index (Phi) is 4.49. The molecule has 1 atom stereocenters. The van der Waals surface area contributed by atoms with Crippen molar-refractivity contribution >= 4 is 0 Å². The second kappa shape index (κ2) is 6.32. The molecule has 1 aliphatic heterocycles. The minimum absolute atomic E-state index is 0.289. The fraction of sp³-hybridized carbons (Fsp3) is 0.467. The maximum Gasteiger partial charge on any atom is 0.119 e. The number of benzene rings is 1. The number of nitrogens with zero attached hydrogens (tertiary/aromatic N) is 1. The van der Waals surface area contributed by atoms with Crippen LogP contribution in [0.2, 0.25) is 0 Å². The standard InChI is InChI=1S/C15H19NO2/c1-3-8-16-9-7-15(11-16)18-12-13-5-4-6-14(10-13)17-2/h4-6,10,15H,7,9,11-12H2,1-2H3. The molecule has 2 rings (SSSR count). The fourth-order valence-electron chi connectivity index (χ4n) is 2.10. The molecular weight excluding hydrogens is 226 g/mol. The highest BCUT2D eigenvalue weighted by Crippen LogP contribution is 2.17. The van der Waals surface area contributed by atoms with Crippen molar-refractivity contribution in [3.05, 3.63) is 29.8 Å². The first-order valence-electron chi connectivity index (χ1n) is 6.23. The largest absolute Gasteiger partial charge is 0.497 e. The maximum atomic E-state index is 5.90. The summed E-state index contributed by atoms with van der Waals surface area (Å²) in [6.07, 6.45) is 1.34. The lowest BCUT2D eigenvalue weighted by molar-refractivity contribution is 0.0498. The van der Waals surface area contributed by atoms with E-state index in [-0.39, 0.29) is 6.10 Å². The van der Waals surface area contributed by atoms with Crippen molar-refractivity contribution in [1.82, 2.24) is 4.90 Å². The molecular formula is C15H19NO2. The van der Waals surface area contributed by atoms with Crippen LogP contribution in [0.3, 0.4) is 0 Å². The minimum Gasteiger partial charge on any atom is -0.497 e. The number of methoxy groups -OCH3 is 1. The van der Waals surface area contributed by atoms with Gasteiger partial charge in [0.1, 0.15) is 5.75 Å². The number of rotatable bonds is 4. The van der Waals surface area contributed by atoms with Crippen LogP contribution in [0, 0.1) is 12.0 Å². The molecule has 1 fully saturated rings. The minimum atomic E-state index is 0.289. The fourth-order valence-corrected chi connectivity index (χ4v) is 2.10. The Morgan fingerprint density at radius 3 is 3.11 bits per heavy atom. The van der Waals surface area contributed by atoms with Crippen LogP contribution in [-0.4, -0.2) is 31.2 Å². The van der Waals surface area contributed by atoms with Gasteiger partial charge in [-0.25, -0.2) is 0 Å². The van der Waals surface area contributed by atoms with Crippen molar-refractivity contribution in [3.8, 4) is 17.7 Å². The zero-order valence-electron chi connectivity index (χ0n) is 11.0. The zero-order valence-corrected chi connectivity index (χ0v) is 11.0. The van der Waals surface area contributed by atoms with Gasteiger partial charge in [0.05, 0.1) is 26.4 Å². The van der Waals surface area contributed by atoms with Crippen LogP contribution in [0.15, 0.2) is 24.3 Å². The van der Waals surface area contributed by atoms with Gasteiger partial charge in [-0.05, 0) is 31.0 Å². The van der Waals surface area contributed by atoms with E-state index in [0.717, 1.165) is 30.8 Å². The van der Waals surface area contributed by atoms with Gasteiger partial charge in [-0.15, -0.1) is 0 Å². The molecule has 0 amide bonds. The maximum absolute atomic E-state index is 5.90. The Labute approximate surface area is 109 Å². The van der Waals surface area contributed by atoms with Crippen LogP contribution in [0.1, 0.15) is 18.9 Å². The summed E-state index contributed by atoms with van der Waals surface area (Å²) in [5.41, 5.74) is 1.15. The zero-order chi connectivity index (χ0) is 12.8. The lowest BCUT2D eigenvalue weighted by atomic mass is 10.2. The van der Waals surface area contributed by atoms with Gasteiger partial charge in [-0.1, -0.05) is 18.1 Å². The summed E-state index contributed by atoms with van der Waals surface area (Å²) < 4.78 is 11.1. The molecule has 0 saturated carbocycles. The van der Waals surface area contributed by atoms with Gasteiger partial charge < -0.3 is 14.4 Å². The number of hydrogen-bond donors (Lipinski definition) is 0. The summed E-state index contributed by atoms with van der Waals surface area (Å²) in [7, 11) is 1.68. The third-order valence-corrected chi connectivity index (χ3v) is 3.03. The molecule has 0 bridgehead atoms. The predicted molar refractivity (Wildman–Crippen MR) is 71.2 cm³/mol. The van der Waals surface area contributed by atoms with Gasteiger partial charge in [0.2, 0.25) is 0 Å². The quantitative estimate of drug-likeness (QED) is 0.760. The van der Waals surface area contributed by atoms with Gasteiger partial charge in [-0.2, -0.15) is 0 Å². The van der Waals surface area contributed by atoms with Crippen molar-refractivity contribution in [2.45, 2.75) is 26.1 Å². The molecule has 1 aromatic carbocycles. The van der Waals surface area contributed by atoms with Crippen LogP contribution in [0.5, 0.6) is 5.75 Å². The summed E-state index contributed by atoms with van der Waals surface area (Å²) in [5, 5.41) is 0. The number of hydrogen-bond acceptors (Lipinski definition) is 3. The van der Waals surface area contributed by atoms with Gasteiger partial charge in [0, 0.05) is 12.6 Å². The highest BCUT2D eigenvalue weighted by molar-refractivity contribution is 5.27. The van der Waals surface area contributed by atoms with E-state index in [1.54, 1.807) is 7.11 Å². The van der Waals surface area contributed by atoms with E-state index in [4.69, 9.17) is 9.47 Å².